The Bertz CT molecular complexity index is 871. The predicted octanol–water partition coefficient (Wildman–Crippen LogP) is 5.13. The molecule has 0 amide bonds. The van der Waals surface area contributed by atoms with Crippen LogP contribution in [0.4, 0.5) is 0 Å². The van der Waals surface area contributed by atoms with Gasteiger partial charge in [-0.2, -0.15) is 0 Å². The summed E-state index contributed by atoms with van der Waals surface area (Å²) < 4.78 is 11.6. The Morgan fingerprint density at radius 2 is 1.86 bits per heavy atom. The lowest BCUT2D eigenvalue weighted by molar-refractivity contribution is -0.135. The van der Waals surface area contributed by atoms with Gasteiger partial charge in [0.15, 0.2) is 0 Å². The Hall–Kier alpha value is -2.10. The fourth-order valence-electron chi connectivity index (χ4n) is 6.29. The van der Waals surface area contributed by atoms with Crippen molar-refractivity contribution in [2.24, 2.45) is 23.2 Å². The summed E-state index contributed by atoms with van der Waals surface area (Å²) >= 11 is 0. The van der Waals surface area contributed by atoms with Crippen LogP contribution in [-0.2, 0) is 19.1 Å². The minimum atomic E-state index is -0.452. The lowest BCUT2D eigenvalue weighted by atomic mass is 9.47. The Morgan fingerprint density at radius 1 is 1.07 bits per heavy atom. The highest BCUT2D eigenvalue weighted by atomic mass is 16.5. The summed E-state index contributed by atoms with van der Waals surface area (Å²) in [5, 5.41) is 0. The molecule has 2 aliphatic heterocycles. The molecule has 4 nitrogen and oxygen atoms in total. The topological polar surface area (TPSA) is 52.6 Å². The van der Waals surface area contributed by atoms with Crippen molar-refractivity contribution in [3.8, 4) is 0 Å². The van der Waals surface area contributed by atoms with Gasteiger partial charge in [0, 0.05) is 22.6 Å². The summed E-state index contributed by atoms with van der Waals surface area (Å²) in [4.78, 5) is 25.8. The largest absolute Gasteiger partial charge is 0.427 e. The number of unbranched alkanes of at least 4 members (excludes halogenated alkanes) is 2. The van der Waals surface area contributed by atoms with Crippen molar-refractivity contribution in [3.05, 3.63) is 46.5 Å². The molecule has 0 aromatic carbocycles. The van der Waals surface area contributed by atoms with E-state index in [0.717, 1.165) is 79.6 Å². The van der Waals surface area contributed by atoms with Crippen molar-refractivity contribution in [2.45, 2.75) is 65.2 Å². The average Bonchev–Trinajstić information content (AvgIpc) is 3.19. The van der Waals surface area contributed by atoms with Gasteiger partial charge in [0.2, 0.25) is 0 Å². The minimum absolute atomic E-state index is 0.0181. The summed E-state index contributed by atoms with van der Waals surface area (Å²) in [6.45, 7) is 4.26. The molecular weight excluding hydrogens is 352 g/mol. The summed E-state index contributed by atoms with van der Waals surface area (Å²) in [5.41, 5.74) is 2.29. The third-order valence-corrected chi connectivity index (χ3v) is 7.43. The van der Waals surface area contributed by atoms with E-state index < -0.39 is 5.41 Å². The first kappa shape index (κ1) is 18.0. The van der Waals surface area contributed by atoms with E-state index in [9.17, 15) is 9.59 Å². The highest BCUT2D eigenvalue weighted by Crippen LogP contribution is 2.68. The fourth-order valence-corrected chi connectivity index (χ4v) is 6.29. The Labute approximate surface area is 166 Å². The first-order valence-corrected chi connectivity index (χ1v) is 10.9. The van der Waals surface area contributed by atoms with E-state index in [4.69, 9.17) is 9.47 Å². The van der Waals surface area contributed by atoms with E-state index in [1.165, 1.54) is 0 Å². The van der Waals surface area contributed by atoms with Gasteiger partial charge in [0.1, 0.15) is 11.5 Å². The van der Waals surface area contributed by atoms with Crippen LogP contribution in [0.5, 0.6) is 0 Å². The van der Waals surface area contributed by atoms with Crippen LogP contribution in [0, 0.1) is 23.2 Å². The predicted molar refractivity (Wildman–Crippen MR) is 105 cm³/mol. The van der Waals surface area contributed by atoms with Gasteiger partial charge in [-0.3, -0.25) is 0 Å². The minimum Gasteiger partial charge on any atom is -0.427 e. The van der Waals surface area contributed by atoms with E-state index in [1.54, 1.807) is 0 Å². The summed E-state index contributed by atoms with van der Waals surface area (Å²) in [5.74, 6) is 1.96. The molecule has 148 valence electrons. The SMILES string of the molecule is CCCC=C1OC(=O)C2=C1CCC1C3C=C4C(=O)OC(=CCCC)[C@@]4(CC3)C21. The van der Waals surface area contributed by atoms with Gasteiger partial charge in [0.05, 0.1) is 5.41 Å². The van der Waals surface area contributed by atoms with Crippen LogP contribution >= 0.6 is 0 Å². The molecule has 6 rings (SSSR count). The fraction of sp³-hybridized carbons (Fsp3) is 0.583. The number of cyclic esters (lactones) is 2. The maximum Gasteiger partial charge on any atom is 0.340 e. The number of carbonyl (C=O) groups excluding carboxylic acids is 2. The second-order valence-corrected chi connectivity index (χ2v) is 8.82. The molecule has 1 saturated carbocycles. The number of hydrogen-bond acceptors (Lipinski definition) is 4. The van der Waals surface area contributed by atoms with Crippen molar-refractivity contribution in [2.75, 3.05) is 0 Å². The van der Waals surface area contributed by atoms with E-state index >= 15 is 0 Å². The first-order chi connectivity index (χ1) is 13.6. The van der Waals surface area contributed by atoms with Gasteiger partial charge in [-0.25, -0.2) is 9.59 Å². The maximum atomic E-state index is 13.0. The molecule has 3 unspecified atom stereocenters. The summed E-state index contributed by atoms with van der Waals surface area (Å²) in [6.07, 6.45) is 14.1. The number of rotatable bonds is 4. The molecule has 0 N–H and O–H groups in total. The van der Waals surface area contributed by atoms with E-state index in [1.807, 2.05) is 0 Å². The van der Waals surface area contributed by atoms with Gasteiger partial charge in [0.25, 0.3) is 0 Å². The summed E-state index contributed by atoms with van der Waals surface area (Å²) in [7, 11) is 0. The van der Waals surface area contributed by atoms with Crippen molar-refractivity contribution >= 4 is 11.9 Å². The van der Waals surface area contributed by atoms with Crippen molar-refractivity contribution < 1.29 is 19.1 Å². The monoisotopic (exact) mass is 380 g/mol. The highest BCUT2D eigenvalue weighted by Gasteiger charge is 2.66. The lowest BCUT2D eigenvalue weighted by Crippen LogP contribution is -2.50. The van der Waals surface area contributed by atoms with Gasteiger partial charge < -0.3 is 9.47 Å². The Morgan fingerprint density at radius 3 is 2.64 bits per heavy atom. The molecule has 4 heteroatoms. The quantitative estimate of drug-likeness (QED) is 0.635. The molecule has 2 heterocycles. The molecule has 1 spiro atoms. The molecule has 0 radical (unpaired) electrons. The number of esters is 2. The molecule has 1 saturated heterocycles. The first-order valence-electron chi connectivity index (χ1n) is 10.9. The third-order valence-electron chi connectivity index (χ3n) is 7.43. The normalized spacial score (nSPS) is 38.4. The van der Waals surface area contributed by atoms with Crippen LogP contribution < -0.4 is 0 Å². The molecular formula is C24H28O4. The molecule has 4 atom stereocenters. The van der Waals surface area contributed by atoms with Crippen LogP contribution in [-0.4, -0.2) is 11.9 Å². The second-order valence-electron chi connectivity index (χ2n) is 8.82. The molecule has 6 aliphatic rings. The zero-order valence-electron chi connectivity index (χ0n) is 16.8. The zero-order valence-corrected chi connectivity index (χ0v) is 16.8. The molecule has 2 bridgehead atoms. The highest BCUT2D eigenvalue weighted by molar-refractivity contribution is 5.99. The smallest absolute Gasteiger partial charge is 0.340 e. The van der Waals surface area contributed by atoms with Crippen molar-refractivity contribution in [3.63, 3.8) is 0 Å². The van der Waals surface area contributed by atoms with Gasteiger partial charge in [-0.1, -0.05) is 32.8 Å². The molecule has 4 aliphatic carbocycles. The standard InChI is InChI=1S/C24H28O4/c1-3-5-7-18-16-10-9-15-14-11-12-24(21(15)20(16)23(26)27-18)17(13-14)22(25)28-19(24)8-6-4-2/h7-8,13-15,21H,3-6,9-12H2,1-2H3/t14?,15?,21?,24-/m0/s1. The third kappa shape index (κ3) is 2.23. The van der Waals surface area contributed by atoms with Gasteiger partial charge in [-0.05, 0) is 62.5 Å². The molecule has 0 aromatic rings. The van der Waals surface area contributed by atoms with Crippen LogP contribution in [0.25, 0.3) is 0 Å². The number of allylic oxidation sites excluding steroid dienone is 5. The summed E-state index contributed by atoms with van der Waals surface area (Å²) in [6, 6.07) is 0. The zero-order chi connectivity index (χ0) is 19.5. The molecule has 0 aromatic heterocycles. The average molecular weight is 380 g/mol. The van der Waals surface area contributed by atoms with E-state index in [-0.39, 0.29) is 17.9 Å². The van der Waals surface area contributed by atoms with Crippen molar-refractivity contribution in [1.29, 1.82) is 0 Å². The Balaban J connectivity index is 1.68. The second kappa shape index (κ2) is 6.47. The maximum absolute atomic E-state index is 13.0. The number of fused-ring (bicyclic) bond motifs is 1. The van der Waals surface area contributed by atoms with Gasteiger partial charge in [-0.15, -0.1) is 0 Å². The van der Waals surface area contributed by atoms with Crippen LogP contribution in [0.1, 0.15) is 65.2 Å². The van der Waals surface area contributed by atoms with E-state index in [0.29, 0.717) is 11.8 Å². The number of ether oxygens (including phenoxy) is 2. The number of carbonyl (C=O) groups is 2. The Kier molecular flexibility index (Phi) is 4.15. The van der Waals surface area contributed by atoms with E-state index in [2.05, 4.69) is 32.1 Å². The van der Waals surface area contributed by atoms with Crippen LogP contribution in [0.3, 0.4) is 0 Å². The number of hydrogen-bond donors (Lipinski definition) is 0. The lowest BCUT2D eigenvalue weighted by Gasteiger charge is -2.54. The molecule has 28 heavy (non-hydrogen) atoms. The van der Waals surface area contributed by atoms with Crippen LogP contribution in [0.2, 0.25) is 0 Å². The van der Waals surface area contributed by atoms with Gasteiger partial charge >= 0.3 is 11.9 Å². The van der Waals surface area contributed by atoms with Crippen molar-refractivity contribution in [1.82, 2.24) is 0 Å². The van der Waals surface area contributed by atoms with Crippen LogP contribution in [0.15, 0.2) is 46.5 Å². The molecule has 2 fully saturated rings.